The number of carbonyl (C=O) groups excluding carboxylic acids is 3. The van der Waals surface area contributed by atoms with Gasteiger partial charge in [0.2, 0.25) is 17.7 Å². The molecule has 6 atom stereocenters. The monoisotopic (exact) mass is 500 g/mol. The first-order valence-corrected chi connectivity index (χ1v) is 13.2. The van der Waals surface area contributed by atoms with Crippen LogP contribution in [0.1, 0.15) is 47.0 Å². The number of aliphatic hydroxyl groups is 1. The minimum absolute atomic E-state index is 0.205. The minimum Gasteiger partial charge on any atom is -0.394 e. The Morgan fingerprint density at radius 3 is 2.42 bits per heavy atom. The maximum Gasteiger partial charge on any atom is 0.250 e. The maximum absolute atomic E-state index is 13.9. The van der Waals surface area contributed by atoms with Crippen molar-refractivity contribution >= 4 is 29.1 Å². The Morgan fingerprint density at radius 2 is 1.86 bits per heavy atom. The number of nitrogens with one attached hydrogen (secondary N) is 2. The van der Waals surface area contributed by atoms with Crippen LogP contribution in [-0.2, 0) is 19.1 Å². The molecule has 0 radical (unpaired) electrons. The fraction of sp³-hybridized carbons (Fsp3) is 0.667. The van der Waals surface area contributed by atoms with Gasteiger partial charge in [0.1, 0.15) is 11.6 Å². The summed E-state index contributed by atoms with van der Waals surface area (Å²) >= 11 is 0. The Bertz CT molecular complexity index is 979. The highest BCUT2D eigenvalue weighted by molar-refractivity contribution is 6.03. The summed E-state index contributed by atoms with van der Waals surface area (Å²) in [6, 6.07) is 6.20. The van der Waals surface area contributed by atoms with E-state index >= 15 is 0 Å². The lowest BCUT2D eigenvalue weighted by molar-refractivity contribution is -0.144. The van der Waals surface area contributed by atoms with Crippen LogP contribution in [-0.4, -0.2) is 78.3 Å². The van der Waals surface area contributed by atoms with E-state index in [1.807, 2.05) is 38.1 Å². The molecule has 9 nitrogen and oxygen atoms in total. The van der Waals surface area contributed by atoms with Crippen molar-refractivity contribution in [2.45, 2.75) is 70.7 Å². The number of anilines is 2. The van der Waals surface area contributed by atoms with Gasteiger partial charge in [-0.2, -0.15) is 0 Å². The van der Waals surface area contributed by atoms with E-state index in [1.165, 1.54) is 4.90 Å². The second-order valence-corrected chi connectivity index (χ2v) is 10.6. The number of aliphatic hydroxyl groups excluding tert-OH is 1. The molecule has 3 N–H and O–H groups in total. The zero-order valence-electron chi connectivity index (χ0n) is 22.0. The Balaban J connectivity index is 1.68. The second kappa shape index (κ2) is 10.4. The number of hydrogen-bond donors (Lipinski definition) is 3. The number of nitrogens with zero attached hydrogens (tertiary/aromatic N) is 2. The molecule has 0 aromatic heterocycles. The molecule has 3 aliphatic heterocycles. The molecule has 3 fully saturated rings. The molecule has 2 bridgehead atoms. The van der Waals surface area contributed by atoms with Crippen LogP contribution >= 0.6 is 0 Å². The number of fused-ring (bicyclic) bond motifs is 1. The summed E-state index contributed by atoms with van der Waals surface area (Å²) in [5, 5.41) is 16.0. The highest BCUT2D eigenvalue weighted by Crippen LogP contribution is 2.59. The lowest BCUT2D eigenvalue weighted by Gasteiger charge is -2.37. The third-order valence-corrected chi connectivity index (χ3v) is 8.15. The predicted octanol–water partition coefficient (Wildman–Crippen LogP) is 2.00. The second-order valence-electron chi connectivity index (χ2n) is 10.6. The van der Waals surface area contributed by atoms with Gasteiger partial charge in [0.15, 0.2) is 0 Å². The summed E-state index contributed by atoms with van der Waals surface area (Å²) in [6.45, 7) is 9.73. The van der Waals surface area contributed by atoms with Crippen molar-refractivity contribution in [3.8, 4) is 0 Å². The lowest BCUT2D eigenvalue weighted by Crippen LogP contribution is -2.56. The van der Waals surface area contributed by atoms with Crippen LogP contribution in [0, 0.1) is 17.8 Å². The predicted molar refractivity (Wildman–Crippen MR) is 137 cm³/mol. The molecule has 1 spiro atoms. The largest absolute Gasteiger partial charge is 0.394 e. The highest BCUT2D eigenvalue weighted by Gasteiger charge is 2.75. The van der Waals surface area contributed by atoms with Gasteiger partial charge in [0.25, 0.3) is 0 Å². The molecule has 3 amide bonds. The van der Waals surface area contributed by atoms with Crippen LogP contribution in [0.5, 0.6) is 0 Å². The Labute approximate surface area is 213 Å². The van der Waals surface area contributed by atoms with Crippen LogP contribution in [0.25, 0.3) is 0 Å². The molecule has 198 valence electrons. The molecule has 2 unspecified atom stereocenters. The summed E-state index contributed by atoms with van der Waals surface area (Å²) in [7, 11) is 1.56. The molecule has 0 aliphatic carbocycles. The van der Waals surface area contributed by atoms with Gasteiger partial charge in [-0.25, -0.2) is 0 Å². The molecule has 3 saturated heterocycles. The van der Waals surface area contributed by atoms with Gasteiger partial charge in [-0.15, -0.1) is 0 Å². The van der Waals surface area contributed by atoms with Crippen molar-refractivity contribution in [1.82, 2.24) is 10.2 Å². The third kappa shape index (κ3) is 4.26. The molecule has 0 saturated carbocycles. The van der Waals surface area contributed by atoms with Gasteiger partial charge in [0.05, 0.1) is 30.6 Å². The first-order valence-electron chi connectivity index (χ1n) is 13.2. The zero-order chi connectivity index (χ0) is 26.2. The van der Waals surface area contributed by atoms with Crippen LogP contribution in [0.15, 0.2) is 24.3 Å². The van der Waals surface area contributed by atoms with E-state index in [1.54, 1.807) is 7.05 Å². The summed E-state index contributed by atoms with van der Waals surface area (Å²) in [6.07, 6.45) is 1.30. The Morgan fingerprint density at radius 1 is 1.19 bits per heavy atom. The van der Waals surface area contributed by atoms with E-state index in [-0.39, 0.29) is 36.4 Å². The standard InChI is InChI=1S/C27H40N4O5/c1-6-30(7-2)18-10-8-17(9-11-18)29-25(34)23-27-13-12-20(36-27)21(24(33)28-5)22(27)26(35)31(23)19(15-32)14-16(3)4/h8-11,16,19-23,32H,6-7,12-15H2,1-5H3,(H,28,33)(H,29,34)/t19-,20+,21-,22+,23?,27?/m1/s1. The third-order valence-electron chi connectivity index (χ3n) is 8.15. The van der Waals surface area contributed by atoms with E-state index in [0.717, 1.165) is 18.8 Å². The molecular weight excluding hydrogens is 460 g/mol. The lowest BCUT2D eigenvalue weighted by atomic mass is 9.70. The maximum atomic E-state index is 13.9. The first-order chi connectivity index (χ1) is 17.2. The van der Waals surface area contributed by atoms with Gasteiger partial charge in [0, 0.05) is 31.5 Å². The molecule has 1 aromatic rings. The van der Waals surface area contributed by atoms with Crippen molar-refractivity contribution in [2.24, 2.45) is 17.8 Å². The molecule has 1 aromatic carbocycles. The SMILES string of the molecule is CCN(CC)c1ccc(NC(=O)C2N([C@@H](CO)CC(C)C)C(=O)[C@@H]3[C@H](C(=O)NC)[C@@H]4CCC23O4)cc1. The number of rotatable bonds is 10. The van der Waals surface area contributed by atoms with Gasteiger partial charge in [-0.1, -0.05) is 13.8 Å². The van der Waals surface area contributed by atoms with E-state index in [2.05, 4.69) is 29.4 Å². The molecule has 36 heavy (non-hydrogen) atoms. The normalized spacial score (nSPS) is 29.4. The van der Waals surface area contributed by atoms with E-state index in [9.17, 15) is 19.5 Å². The van der Waals surface area contributed by atoms with Gasteiger partial charge >= 0.3 is 0 Å². The molecule has 9 heteroatoms. The fourth-order valence-electron chi connectivity index (χ4n) is 6.63. The van der Waals surface area contributed by atoms with Crippen molar-refractivity contribution < 1.29 is 24.2 Å². The van der Waals surface area contributed by atoms with Crippen molar-refractivity contribution in [3.05, 3.63) is 24.3 Å². The molecule has 3 aliphatic rings. The van der Waals surface area contributed by atoms with Crippen LogP contribution in [0.2, 0.25) is 0 Å². The van der Waals surface area contributed by atoms with Crippen molar-refractivity contribution in [3.63, 3.8) is 0 Å². The Kier molecular flexibility index (Phi) is 7.61. The van der Waals surface area contributed by atoms with E-state index in [4.69, 9.17) is 4.74 Å². The highest BCUT2D eigenvalue weighted by atomic mass is 16.5. The minimum atomic E-state index is -1.07. The number of benzene rings is 1. The van der Waals surface area contributed by atoms with Crippen LogP contribution < -0.4 is 15.5 Å². The summed E-state index contributed by atoms with van der Waals surface area (Å²) in [4.78, 5) is 44.4. The quantitative estimate of drug-likeness (QED) is 0.453. The van der Waals surface area contributed by atoms with E-state index < -0.39 is 29.5 Å². The van der Waals surface area contributed by atoms with E-state index in [0.29, 0.717) is 24.9 Å². The van der Waals surface area contributed by atoms with Gasteiger partial charge < -0.3 is 30.3 Å². The van der Waals surface area contributed by atoms with Crippen LogP contribution in [0.4, 0.5) is 11.4 Å². The average Bonchev–Trinajstić information content (AvgIpc) is 3.51. The molecular formula is C27H40N4O5. The van der Waals surface area contributed by atoms with Gasteiger partial charge in [-0.3, -0.25) is 14.4 Å². The number of amides is 3. The summed E-state index contributed by atoms with van der Waals surface area (Å²) < 4.78 is 6.40. The number of likely N-dealkylation sites (tertiary alicyclic amines) is 1. The summed E-state index contributed by atoms with van der Waals surface area (Å²) in [5.74, 6) is -2.03. The molecule has 4 rings (SSSR count). The zero-order valence-corrected chi connectivity index (χ0v) is 22.0. The first kappa shape index (κ1) is 26.4. The van der Waals surface area contributed by atoms with Gasteiger partial charge in [-0.05, 0) is 63.3 Å². The fourth-order valence-corrected chi connectivity index (χ4v) is 6.63. The molecule has 3 heterocycles. The smallest absolute Gasteiger partial charge is 0.250 e. The average molecular weight is 501 g/mol. The number of hydrogen-bond acceptors (Lipinski definition) is 6. The van der Waals surface area contributed by atoms with Crippen LogP contribution in [0.3, 0.4) is 0 Å². The van der Waals surface area contributed by atoms with Crippen molar-refractivity contribution in [2.75, 3.05) is 37.0 Å². The number of ether oxygens (including phenoxy) is 1. The van der Waals surface area contributed by atoms with Crippen molar-refractivity contribution in [1.29, 1.82) is 0 Å². The Hall–Kier alpha value is -2.65. The topological polar surface area (TPSA) is 111 Å². The summed E-state index contributed by atoms with van der Waals surface area (Å²) in [5.41, 5.74) is 0.620. The number of carbonyl (C=O) groups is 3.